The third-order valence-corrected chi connectivity index (χ3v) is 2.68. The lowest BCUT2D eigenvalue weighted by Gasteiger charge is -2.07. The molecule has 0 saturated carbocycles. The zero-order valence-electron chi connectivity index (χ0n) is 10.4. The van der Waals surface area contributed by atoms with Crippen molar-refractivity contribution in [2.45, 2.75) is 26.9 Å². The normalized spacial score (nSPS) is 11.1. The molecule has 17 heavy (non-hydrogen) atoms. The molecule has 0 amide bonds. The molecule has 1 aromatic heterocycles. The van der Waals surface area contributed by atoms with Gasteiger partial charge in [0.1, 0.15) is 0 Å². The molecule has 0 aliphatic carbocycles. The maximum absolute atomic E-state index is 5.76. The summed E-state index contributed by atoms with van der Waals surface area (Å²) >= 11 is 0. The standard InChI is InChI=1S/C14H19N3/c1-11(2)10-17-13(9-15)8-14(16-17)12-6-4-3-5-7-12/h3-8,11H,9-10,15H2,1-2H3. The van der Waals surface area contributed by atoms with Gasteiger partial charge in [-0.1, -0.05) is 44.2 Å². The second-order valence-electron chi connectivity index (χ2n) is 4.67. The fourth-order valence-electron chi connectivity index (χ4n) is 1.87. The second-order valence-corrected chi connectivity index (χ2v) is 4.67. The van der Waals surface area contributed by atoms with E-state index in [0.29, 0.717) is 12.5 Å². The maximum Gasteiger partial charge on any atom is 0.0926 e. The van der Waals surface area contributed by atoms with Crippen LogP contribution in [0.3, 0.4) is 0 Å². The highest BCUT2D eigenvalue weighted by Gasteiger charge is 2.09. The minimum atomic E-state index is 0.534. The van der Waals surface area contributed by atoms with Crippen molar-refractivity contribution >= 4 is 0 Å². The van der Waals surface area contributed by atoms with E-state index in [-0.39, 0.29) is 0 Å². The summed E-state index contributed by atoms with van der Waals surface area (Å²) in [6, 6.07) is 12.3. The summed E-state index contributed by atoms with van der Waals surface area (Å²) in [5.41, 5.74) is 9.00. The van der Waals surface area contributed by atoms with Gasteiger partial charge in [-0.2, -0.15) is 5.10 Å². The molecule has 0 aliphatic rings. The lowest BCUT2D eigenvalue weighted by Crippen LogP contribution is -2.12. The topological polar surface area (TPSA) is 43.8 Å². The van der Waals surface area contributed by atoms with Crippen LogP contribution in [0.4, 0.5) is 0 Å². The van der Waals surface area contributed by atoms with Gasteiger partial charge in [-0.05, 0) is 12.0 Å². The van der Waals surface area contributed by atoms with Crippen LogP contribution < -0.4 is 5.73 Å². The van der Waals surface area contributed by atoms with E-state index in [1.165, 1.54) is 0 Å². The molecule has 0 unspecified atom stereocenters. The Morgan fingerprint density at radius 2 is 1.94 bits per heavy atom. The summed E-state index contributed by atoms with van der Waals surface area (Å²) in [6.45, 7) is 5.82. The van der Waals surface area contributed by atoms with Gasteiger partial charge in [-0.15, -0.1) is 0 Å². The van der Waals surface area contributed by atoms with Crippen molar-refractivity contribution in [1.82, 2.24) is 9.78 Å². The van der Waals surface area contributed by atoms with Crippen molar-refractivity contribution in [3.05, 3.63) is 42.1 Å². The molecule has 0 saturated heterocycles. The quantitative estimate of drug-likeness (QED) is 0.876. The number of nitrogens with zero attached hydrogens (tertiary/aromatic N) is 2. The van der Waals surface area contributed by atoms with Gasteiger partial charge >= 0.3 is 0 Å². The summed E-state index contributed by atoms with van der Waals surface area (Å²) in [7, 11) is 0. The molecular weight excluding hydrogens is 210 g/mol. The Bertz CT molecular complexity index is 471. The average Bonchev–Trinajstić information content (AvgIpc) is 2.72. The summed E-state index contributed by atoms with van der Waals surface area (Å²) in [6.07, 6.45) is 0. The van der Waals surface area contributed by atoms with E-state index < -0.39 is 0 Å². The molecule has 0 fully saturated rings. The van der Waals surface area contributed by atoms with Gasteiger partial charge in [-0.25, -0.2) is 0 Å². The summed E-state index contributed by atoms with van der Waals surface area (Å²) < 4.78 is 2.02. The highest BCUT2D eigenvalue weighted by Crippen LogP contribution is 2.19. The van der Waals surface area contributed by atoms with Crippen LogP contribution in [0, 0.1) is 5.92 Å². The molecule has 1 aromatic carbocycles. The number of rotatable bonds is 4. The van der Waals surface area contributed by atoms with Gasteiger partial charge in [-0.3, -0.25) is 4.68 Å². The van der Waals surface area contributed by atoms with Crippen molar-refractivity contribution in [2.24, 2.45) is 11.7 Å². The Kier molecular flexibility index (Phi) is 3.59. The Hall–Kier alpha value is -1.61. The Morgan fingerprint density at radius 3 is 2.53 bits per heavy atom. The third-order valence-electron chi connectivity index (χ3n) is 2.68. The minimum Gasteiger partial charge on any atom is -0.325 e. The van der Waals surface area contributed by atoms with Crippen molar-refractivity contribution < 1.29 is 0 Å². The molecule has 0 bridgehead atoms. The molecule has 2 N–H and O–H groups in total. The summed E-state index contributed by atoms with van der Waals surface area (Å²) in [5.74, 6) is 0.573. The second kappa shape index (κ2) is 5.15. The van der Waals surface area contributed by atoms with Gasteiger partial charge in [0, 0.05) is 18.7 Å². The van der Waals surface area contributed by atoms with E-state index in [1.807, 2.05) is 22.9 Å². The lowest BCUT2D eigenvalue weighted by atomic mass is 10.1. The van der Waals surface area contributed by atoms with Crippen LogP contribution in [0.5, 0.6) is 0 Å². The van der Waals surface area contributed by atoms with Crippen LogP contribution in [0.2, 0.25) is 0 Å². The first-order valence-electron chi connectivity index (χ1n) is 6.03. The van der Waals surface area contributed by atoms with E-state index in [9.17, 15) is 0 Å². The Morgan fingerprint density at radius 1 is 1.24 bits per heavy atom. The summed E-state index contributed by atoms with van der Waals surface area (Å²) in [5, 5.41) is 4.63. The van der Waals surface area contributed by atoms with Crippen molar-refractivity contribution in [3.8, 4) is 11.3 Å². The van der Waals surface area contributed by atoms with Crippen LogP contribution >= 0.6 is 0 Å². The Labute approximate surface area is 102 Å². The van der Waals surface area contributed by atoms with E-state index >= 15 is 0 Å². The predicted molar refractivity (Wildman–Crippen MR) is 70.4 cm³/mol. The van der Waals surface area contributed by atoms with Crippen molar-refractivity contribution in [2.75, 3.05) is 0 Å². The molecule has 3 nitrogen and oxygen atoms in total. The van der Waals surface area contributed by atoms with Crippen LogP contribution in [0.15, 0.2) is 36.4 Å². The number of aromatic nitrogens is 2. The minimum absolute atomic E-state index is 0.534. The van der Waals surface area contributed by atoms with Gasteiger partial charge in [0.15, 0.2) is 0 Å². The largest absolute Gasteiger partial charge is 0.325 e. The van der Waals surface area contributed by atoms with E-state index in [2.05, 4.69) is 37.1 Å². The van der Waals surface area contributed by atoms with Crippen LogP contribution in [-0.4, -0.2) is 9.78 Å². The summed E-state index contributed by atoms with van der Waals surface area (Å²) in [4.78, 5) is 0. The molecule has 0 spiro atoms. The van der Waals surface area contributed by atoms with E-state index in [0.717, 1.165) is 23.5 Å². The zero-order valence-corrected chi connectivity index (χ0v) is 10.4. The number of nitrogens with two attached hydrogens (primary N) is 1. The first-order valence-corrected chi connectivity index (χ1v) is 6.03. The van der Waals surface area contributed by atoms with Crippen molar-refractivity contribution in [1.29, 1.82) is 0 Å². The van der Waals surface area contributed by atoms with Gasteiger partial charge in [0.25, 0.3) is 0 Å². The zero-order chi connectivity index (χ0) is 12.3. The molecular formula is C14H19N3. The van der Waals surface area contributed by atoms with Gasteiger partial charge in [0.2, 0.25) is 0 Å². The maximum atomic E-state index is 5.76. The first-order chi connectivity index (χ1) is 8.20. The molecule has 0 aliphatic heterocycles. The molecule has 1 heterocycles. The number of benzene rings is 1. The van der Waals surface area contributed by atoms with Gasteiger partial charge < -0.3 is 5.73 Å². The predicted octanol–water partition coefficient (Wildman–Crippen LogP) is 2.66. The molecule has 3 heteroatoms. The number of hydrogen-bond donors (Lipinski definition) is 1. The van der Waals surface area contributed by atoms with Crippen LogP contribution in [-0.2, 0) is 13.1 Å². The molecule has 0 atom stereocenters. The average molecular weight is 229 g/mol. The third kappa shape index (κ3) is 2.74. The fourth-order valence-corrected chi connectivity index (χ4v) is 1.87. The van der Waals surface area contributed by atoms with Gasteiger partial charge in [0.05, 0.1) is 11.4 Å². The highest BCUT2D eigenvalue weighted by molar-refractivity contribution is 5.59. The van der Waals surface area contributed by atoms with Crippen LogP contribution in [0.1, 0.15) is 19.5 Å². The molecule has 0 radical (unpaired) electrons. The van der Waals surface area contributed by atoms with Crippen molar-refractivity contribution in [3.63, 3.8) is 0 Å². The monoisotopic (exact) mass is 229 g/mol. The fraction of sp³-hybridized carbons (Fsp3) is 0.357. The molecule has 90 valence electrons. The van der Waals surface area contributed by atoms with Crippen LogP contribution in [0.25, 0.3) is 11.3 Å². The highest BCUT2D eigenvalue weighted by atomic mass is 15.3. The Balaban J connectivity index is 2.34. The SMILES string of the molecule is CC(C)Cn1nc(-c2ccccc2)cc1CN. The smallest absolute Gasteiger partial charge is 0.0926 e. The first kappa shape index (κ1) is 11.9. The molecule has 2 aromatic rings. The van der Waals surface area contributed by atoms with E-state index in [4.69, 9.17) is 5.73 Å². The number of hydrogen-bond acceptors (Lipinski definition) is 2. The lowest BCUT2D eigenvalue weighted by molar-refractivity contribution is 0.470. The van der Waals surface area contributed by atoms with E-state index in [1.54, 1.807) is 0 Å². The molecule has 2 rings (SSSR count).